The summed E-state index contributed by atoms with van der Waals surface area (Å²) in [5, 5.41) is 4.57. The van der Waals surface area contributed by atoms with Crippen LogP contribution in [0.1, 0.15) is 34.8 Å². The molecular weight excluding hydrogens is 272 g/mol. The molecule has 0 radical (unpaired) electrons. The van der Waals surface area contributed by atoms with Crippen LogP contribution in [0.15, 0.2) is 18.2 Å². The molecule has 0 heterocycles. The van der Waals surface area contributed by atoms with Gasteiger partial charge in [0.2, 0.25) is 0 Å². The molecule has 0 unspecified atom stereocenters. The standard InChI is InChI=1S/C15H20N2O4/c1-4-7-16-15(20)17-13(18)9-21-14(19)12-6-5-10(2)8-11(12)3/h5-6,8H,4,7,9H2,1-3H3,(H2,16,17,18,20). The first-order chi connectivity index (χ1) is 9.93. The predicted octanol–water partition coefficient (Wildman–Crippen LogP) is 1.70. The number of hydrogen-bond donors (Lipinski definition) is 2. The maximum Gasteiger partial charge on any atom is 0.338 e. The van der Waals surface area contributed by atoms with E-state index in [1.165, 1.54) is 0 Å². The average molecular weight is 292 g/mol. The second-order valence-electron chi connectivity index (χ2n) is 4.70. The second-order valence-corrected chi connectivity index (χ2v) is 4.70. The van der Waals surface area contributed by atoms with Crippen LogP contribution in [0.25, 0.3) is 0 Å². The van der Waals surface area contributed by atoms with Crippen molar-refractivity contribution >= 4 is 17.9 Å². The zero-order valence-corrected chi connectivity index (χ0v) is 12.5. The Morgan fingerprint density at radius 3 is 2.52 bits per heavy atom. The molecule has 2 N–H and O–H groups in total. The lowest BCUT2D eigenvalue weighted by molar-refractivity contribution is -0.123. The summed E-state index contributed by atoms with van der Waals surface area (Å²) in [7, 11) is 0. The molecule has 0 aliphatic heterocycles. The summed E-state index contributed by atoms with van der Waals surface area (Å²) >= 11 is 0. The largest absolute Gasteiger partial charge is 0.452 e. The molecule has 114 valence electrons. The van der Waals surface area contributed by atoms with Crippen molar-refractivity contribution in [3.63, 3.8) is 0 Å². The summed E-state index contributed by atoms with van der Waals surface area (Å²) in [5.74, 6) is -1.25. The highest BCUT2D eigenvalue weighted by molar-refractivity contribution is 5.97. The third kappa shape index (κ3) is 5.64. The van der Waals surface area contributed by atoms with E-state index in [1.807, 2.05) is 19.9 Å². The maximum absolute atomic E-state index is 11.8. The molecule has 3 amide bonds. The summed E-state index contributed by atoms with van der Waals surface area (Å²) in [4.78, 5) is 34.5. The van der Waals surface area contributed by atoms with Gasteiger partial charge in [0, 0.05) is 6.54 Å². The number of rotatable bonds is 5. The summed E-state index contributed by atoms with van der Waals surface area (Å²) < 4.78 is 4.88. The summed E-state index contributed by atoms with van der Waals surface area (Å²) in [6.45, 7) is 5.59. The Labute approximate surface area is 123 Å². The number of imide groups is 1. The number of aryl methyl sites for hydroxylation is 2. The van der Waals surface area contributed by atoms with E-state index in [0.29, 0.717) is 12.1 Å². The van der Waals surface area contributed by atoms with Gasteiger partial charge in [-0.25, -0.2) is 9.59 Å². The van der Waals surface area contributed by atoms with E-state index in [1.54, 1.807) is 19.1 Å². The van der Waals surface area contributed by atoms with Crippen molar-refractivity contribution in [2.24, 2.45) is 0 Å². The molecule has 0 atom stereocenters. The van der Waals surface area contributed by atoms with Crippen molar-refractivity contribution < 1.29 is 19.1 Å². The molecule has 6 nitrogen and oxygen atoms in total. The SMILES string of the molecule is CCCNC(=O)NC(=O)COC(=O)c1ccc(C)cc1C. The molecule has 6 heteroatoms. The number of benzene rings is 1. The molecular formula is C15H20N2O4. The van der Waals surface area contributed by atoms with Gasteiger partial charge in [0.1, 0.15) is 0 Å². The maximum atomic E-state index is 11.8. The third-order valence-corrected chi connectivity index (χ3v) is 2.72. The zero-order chi connectivity index (χ0) is 15.8. The van der Waals surface area contributed by atoms with Gasteiger partial charge in [-0.2, -0.15) is 0 Å². The minimum atomic E-state index is -0.665. The lowest BCUT2D eigenvalue weighted by Crippen LogP contribution is -2.41. The summed E-state index contributed by atoms with van der Waals surface area (Å²) in [6, 6.07) is 4.71. The smallest absolute Gasteiger partial charge is 0.338 e. The van der Waals surface area contributed by atoms with E-state index in [0.717, 1.165) is 17.5 Å². The van der Waals surface area contributed by atoms with Crippen molar-refractivity contribution in [2.45, 2.75) is 27.2 Å². The fourth-order valence-electron chi connectivity index (χ4n) is 1.70. The Balaban J connectivity index is 2.45. The van der Waals surface area contributed by atoms with Crippen LogP contribution >= 0.6 is 0 Å². The molecule has 0 saturated carbocycles. The van der Waals surface area contributed by atoms with Crippen molar-refractivity contribution in [2.75, 3.05) is 13.2 Å². The first kappa shape index (κ1) is 16.7. The lowest BCUT2D eigenvalue weighted by Gasteiger charge is -2.08. The van der Waals surface area contributed by atoms with E-state index >= 15 is 0 Å². The number of urea groups is 1. The van der Waals surface area contributed by atoms with Crippen LogP contribution in [-0.2, 0) is 9.53 Å². The molecule has 0 aliphatic carbocycles. The Morgan fingerprint density at radius 1 is 1.19 bits per heavy atom. The van der Waals surface area contributed by atoms with E-state index in [9.17, 15) is 14.4 Å². The Bertz CT molecular complexity index is 540. The Morgan fingerprint density at radius 2 is 1.90 bits per heavy atom. The first-order valence-electron chi connectivity index (χ1n) is 6.76. The number of nitrogens with one attached hydrogen (secondary N) is 2. The van der Waals surface area contributed by atoms with Gasteiger partial charge in [0.15, 0.2) is 6.61 Å². The van der Waals surface area contributed by atoms with Crippen LogP contribution in [0.2, 0.25) is 0 Å². The Hall–Kier alpha value is -2.37. The lowest BCUT2D eigenvalue weighted by atomic mass is 10.1. The molecule has 1 aromatic rings. The van der Waals surface area contributed by atoms with Crippen molar-refractivity contribution in [3.05, 3.63) is 34.9 Å². The van der Waals surface area contributed by atoms with Gasteiger partial charge in [-0.05, 0) is 31.9 Å². The predicted molar refractivity (Wildman–Crippen MR) is 78.0 cm³/mol. The minimum Gasteiger partial charge on any atom is -0.452 e. The molecule has 0 spiro atoms. The van der Waals surface area contributed by atoms with Crippen molar-refractivity contribution in [1.29, 1.82) is 0 Å². The highest BCUT2D eigenvalue weighted by Crippen LogP contribution is 2.11. The van der Waals surface area contributed by atoms with Gasteiger partial charge in [0.05, 0.1) is 5.56 Å². The van der Waals surface area contributed by atoms with Crippen molar-refractivity contribution in [1.82, 2.24) is 10.6 Å². The van der Waals surface area contributed by atoms with Gasteiger partial charge < -0.3 is 10.1 Å². The third-order valence-electron chi connectivity index (χ3n) is 2.72. The summed E-state index contributed by atoms with van der Waals surface area (Å²) in [5.41, 5.74) is 2.22. The van der Waals surface area contributed by atoms with Gasteiger partial charge in [-0.1, -0.05) is 24.6 Å². The van der Waals surface area contributed by atoms with Crippen LogP contribution in [0.4, 0.5) is 4.79 Å². The van der Waals surface area contributed by atoms with Crippen LogP contribution in [-0.4, -0.2) is 31.1 Å². The molecule has 1 rings (SSSR count). The van der Waals surface area contributed by atoms with E-state index in [2.05, 4.69) is 10.6 Å². The molecule has 0 aromatic heterocycles. The van der Waals surface area contributed by atoms with Gasteiger partial charge >= 0.3 is 12.0 Å². The van der Waals surface area contributed by atoms with E-state index in [4.69, 9.17) is 4.74 Å². The zero-order valence-electron chi connectivity index (χ0n) is 12.5. The molecule has 0 saturated heterocycles. The van der Waals surface area contributed by atoms with Crippen LogP contribution in [0, 0.1) is 13.8 Å². The van der Waals surface area contributed by atoms with Gasteiger partial charge in [-0.3, -0.25) is 10.1 Å². The summed E-state index contributed by atoms with van der Waals surface area (Å²) in [6.07, 6.45) is 0.767. The highest BCUT2D eigenvalue weighted by Gasteiger charge is 2.13. The fourth-order valence-corrected chi connectivity index (χ4v) is 1.70. The number of hydrogen-bond acceptors (Lipinski definition) is 4. The normalized spacial score (nSPS) is 9.86. The van der Waals surface area contributed by atoms with Gasteiger partial charge in [-0.15, -0.1) is 0 Å². The Kier molecular flexibility index (Phi) is 6.39. The van der Waals surface area contributed by atoms with E-state index in [-0.39, 0.29) is 0 Å². The molecule has 1 aromatic carbocycles. The quantitative estimate of drug-likeness (QED) is 0.809. The minimum absolute atomic E-state index is 0.406. The number of amides is 3. The van der Waals surface area contributed by atoms with Gasteiger partial charge in [0.25, 0.3) is 5.91 Å². The molecule has 0 bridgehead atoms. The van der Waals surface area contributed by atoms with Crippen LogP contribution in [0.3, 0.4) is 0 Å². The number of esters is 1. The number of carbonyl (C=O) groups excluding carboxylic acids is 3. The van der Waals surface area contributed by atoms with Crippen LogP contribution in [0.5, 0.6) is 0 Å². The van der Waals surface area contributed by atoms with Crippen LogP contribution < -0.4 is 10.6 Å². The number of carbonyl (C=O) groups is 3. The first-order valence-corrected chi connectivity index (χ1v) is 6.76. The van der Waals surface area contributed by atoms with E-state index < -0.39 is 24.5 Å². The van der Waals surface area contributed by atoms with Crippen molar-refractivity contribution in [3.8, 4) is 0 Å². The molecule has 0 fully saturated rings. The average Bonchev–Trinajstić information content (AvgIpc) is 2.42. The topological polar surface area (TPSA) is 84.5 Å². The monoisotopic (exact) mass is 292 g/mol. The second kappa shape index (κ2) is 8.04. The fraction of sp³-hybridized carbons (Fsp3) is 0.400. The number of ether oxygens (including phenoxy) is 1. The molecule has 0 aliphatic rings. The molecule has 21 heavy (non-hydrogen) atoms. The highest BCUT2D eigenvalue weighted by atomic mass is 16.5.